The van der Waals surface area contributed by atoms with Crippen LogP contribution in [0, 0.1) is 11.8 Å². The Morgan fingerprint density at radius 2 is 2.11 bits per heavy atom. The van der Waals surface area contributed by atoms with Crippen molar-refractivity contribution in [3.8, 4) is 0 Å². The Hall–Kier alpha value is -0.870. The molecule has 2 fully saturated rings. The van der Waals surface area contributed by atoms with Crippen molar-refractivity contribution < 1.29 is 4.79 Å². The van der Waals surface area contributed by atoms with Gasteiger partial charge in [-0.05, 0) is 48.9 Å². The highest BCUT2D eigenvalue weighted by Crippen LogP contribution is 2.49. The lowest BCUT2D eigenvalue weighted by Gasteiger charge is -2.16. The van der Waals surface area contributed by atoms with Gasteiger partial charge in [0.05, 0.1) is 0 Å². The van der Waals surface area contributed by atoms with Crippen LogP contribution in [0.2, 0.25) is 0 Å². The molecule has 1 saturated carbocycles. The lowest BCUT2D eigenvalue weighted by atomic mass is 10.1. The van der Waals surface area contributed by atoms with Crippen molar-refractivity contribution in [2.24, 2.45) is 17.6 Å². The molecule has 3 rings (SSSR count). The lowest BCUT2D eigenvalue weighted by molar-refractivity contribution is -0.131. The number of benzene rings is 1. The van der Waals surface area contributed by atoms with Gasteiger partial charge < -0.3 is 10.6 Å². The average Bonchev–Trinajstić information content (AvgIpc) is 3.07. The fourth-order valence-electron chi connectivity index (χ4n) is 3.01. The number of nitrogens with two attached hydrogens (primary N) is 1. The molecule has 1 aliphatic heterocycles. The van der Waals surface area contributed by atoms with Crippen molar-refractivity contribution in [1.82, 2.24) is 4.90 Å². The Bertz CT molecular complexity index is 474. The Balaban J connectivity index is 1.60. The number of amides is 1. The van der Waals surface area contributed by atoms with Crippen LogP contribution in [0.3, 0.4) is 0 Å². The molecule has 1 saturated heterocycles. The third kappa shape index (κ3) is 2.70. The minimum atomic E-state index is 0.206. The van der Waals surface area contributed by atoms with Crippen LogP contribution in [0.4, 0.5) is 0 Å². The van der Waals surface area contributed by atoms with E-state index in [4.69, 9.17) is 5.73 Å². The number of rotatable bonds is 3. The average molecular weight is 323 g/mol. The highest BCUT2D eigenvalue weighted by molar-refractivity contribution is 9.10. The second-order valence-electron chi connectivity index (χ2n) is 5.67. The molecule has 3 nitrogen and oxygen atoms in total. The molecule has 102 valence electrons. The van der Waals surface area contributed by atoms with E-state index in [1.54, 1.807) is 0 Å². The number of likely N-dealkylation sites (tertiary alicyclic amines) is 1. The van der Waals surface area contributed by atoms with Crippen molar-refractivity contribution in [3.63, 3.8) is 0 Å². The third-order valence-electron chi connectivity index (χ3n) is 4.34. The van der Waals surface area contributed by atoms with Gasteiger partial charge in [0.25, 0.3) is 0 Å². The van der Waals surface area contributed by atoms with Crippen LogP contribution >= 0.6 is 15.9 Å². The van der Waals surface area contributed by atoms with E-state index in [1.807, 2.05) is 4.90 Å². The van der Waals surface area contributed by atoms with E-state index in [-0.39, 0.29) is 5.92 Å². The van der Waals surface area contributed by atoms with E-state index in [1.165, 1.54) is 5.56 Å². The summed E-state index contributed by atoms with van der Waals surface area (Å²) >= 11 is 3.44. The third-order valence-corrected chi connectivity index (χ3v) is 4.87. The molecule has 19 heavy (non-hydrogen) atoms. The van der Waals surface area contributed by atoms with Crippen molar-refractivity contribution in [2.45, 2.75) is 18.8 Å². The van der Waals surface area contributed by atoms with Crippen molar-refractivity contribution in [1.29, 1.82) is 0 Å². The maximum absolute atomic E-state index is 12.4. The van der Waals surface area contributed by atoms with Gasteiger partial charge in [-0.3, -0.25) is 4.79 Å². The topological polar surface area (TPSA) is 46.3 Å². The van der Waals surface area contributed by atoms with E-state index in [0.29, 0.717) is 24.3 Å². The molecule has 4 heteroatoms. The van der Waals surface area contributed by atoms with E-state index in [2.05, 4.69) is 40.2 Å². The van der Waals surface area contributed by atoms with Gasteiger partial charge in [-0.25, -0.2) is 0 Å². The first-order chi connectivity index (χ1) is 9.19. The summed E-state index contributed by atoms with van der Waals surface area (Å²) in [5.41, 5.74) is 6.97. The molecule has 2 N–H and O–H groups in total. The number of nitrogens with zero attached hydrogens (tertiary/aromatic N) is 1. The predicted molar refractivity (Wildman–Crippen MR) is 78.7 cm³/mol. The quantitative estimate of drug-likeness (QED) is 0.928. The van der Waals surface area contributed by atoms with Crippen molar-refractivity contribution in [2.75, 3.05) is 19.6 Å². The molecule has 1 aromatic carbocycles. The molecule has 1 heterocycles. The van der Waals surface area contributed by atoms with Crippen molar-refractivity contribution in [3.05, 3.63) is 34.3 Å². The zero-order valence-corrected chi connectivity index (χ0v) is 12.5. The monoisotopic (exact) mass is 322 g/mol. The molecular weight excluding hydrogens is 304 g/mol. The summed E-state index contributed by atoms with van der Waals surface area (Å²) in [6.07, 6.45) is 2.07. The SMILES string of the molecule is NC[C@@H]1CCN(C(=O)[C@H]2C[C@H]2c2ccc(Br)cc2)C1. The number of hydrogen-bond donors (Lipinski definition) is 1. The van der Waals surface area contributed by atoms with Crippen LogP contribution in [0.5, 0.6) is 0 Å². The molecule has 0 bridgehead atoms. The number of carbonyl (C=O) groups excluding carboxylic acids is 1. The zero-order chi connectivity index (χ0) is 13.4. The summed E-state index contributed by atoms with van der Waals surface area (Å²) < 4.78 is 1.09. The summed E-state index contributed by atoms with van der Waals surface area (Å²) in [4.78, 5) is 14.4. The van der Waals surface area contributed by atoms with E-state index in [0.717, 1.165) is 30.4 Å². The standard InChI is InChI=1S/C15H19BrN2O/c16-12-3-1-11(2-4-12)13-7-14(13)15(19)18-6-5-10(8-17)9-18/h1-4,10,13-14H,5-9,17H2/t10-,13-,14-/m0/s1. The molecule has 3 atom stereocenters. The number of hydrogen-bond acceptors (Lipinski definition) is 2. The van der Waals surface area contributed by atoms with Gasteiger partial charge in [-0.15, -0.1) is 0 Å². The first-order valence-electron chi connectivity index (χ1n) is 6.93. The molecular formula is C15H19BrN2O. The molecule has 0 aromatic heterocycles. The maximum atomic E-state index is 12.4. The zero-order valence-electron chi connectivity index (χ0n) is 10.9. The molecule has 1 aromatic rings. The highest BCUT2D eigenvalue weighted by Gasteiger charge is 2.46. The summed E-state index contributed by atoms with van der Waals surface area (Å²) in [7, 11) is 0. The smallest absolute Gasteiger partial charge is 0.226 e. The predicted octanol–water partition coefficient (Wildman–Crippen LogP) is 2.36. The molecule has 1 amide bonds. The van der Waals surface area contributed by atoms with Gasteiger partial charge in [-0.1, -0.05) is 28.1 Å². The maximum Gasteiger partial charge on any atom is 0.226 e. The van der Waals surface area contributed by atoms with Crippen LogP contribution in [0.15, 0.2) is 28.7 Å². The van der Waals surface area contributed by atoms with E-state index in [9.17, 15) is 4.79 Å². The van der Waals surface area contributed by atoms with E-state index >= 15 is 0 Å². The lowest BCUT2D eigenvalue weighted by Crippen LogP contribution is -2.31. The van der Waals surface area contributed by atoms with Crippen molar-refractivity contribution >= 4 is 21.8 Å². The minimum absolute atomic E-state index is 0.206. The van der Waals surface area contributed by atoms with Gasteiger partial charge in [0.15, 0.2) is 0 Å². The molecule has 1 aliphatic carbocycles. The second kappa shape index (κ2) is 5.25. The first-order valence-corrected chi connectivity index (χ1v) is 7.72. The molecule has 0 radical (unpaired) electrons. The number of carbonyl (C=O) groups is 1. The van der Waals surface area contributed by atoms with Gasteiger partial charge in [-0.2, -0.15) is 0 Å². The molecule has 0 unspecified atom stereocenters. The summed E-state index contributed by atoms with van der Waals surface area (Å²) in [5, 5.41) is 0. The Kier molecular flexibility index (Phi) is 3.63. The van der Waals surface area contributed by atoms with Gasteiger partial charge in [0, 0.05) is 23.5 Å². The normalized spacial score (nSPS) is 29.6. The summed E-state index contributed by atoms with van der Waals surface area (Å²) in [5.74, 6) is 1.48. The highest BCUT2D eigenvalue weighted by atomic mass is 79.9. The summed E-state index contributed by atoms with van der Waals surface area (Å²) in [6, 6.07) is 8.34. The van der Waals surface area contributed by atoms with Crippen LogP contribution in [0.1, 0.15) is 24.3 Å². The van der Waals surface area contributed by atoms with Crippen LogP contribution in [-0.4, -0.2) is 30.4 Å². The van der Waals surface area contributed by atoms with Gasteiger partial charge in [0.1, 0.15) is 0 Å². The van der Waals surface area contributed by atoms with Crippen LogP contribution < -0.4 is 5.73 Å². The fraction of sp³-hybridized carbons (Fsp3) is 0.533. The Labute approximate surface area is 122 Å². The van der Waals surface area contributed by atoms with Crippen LogP contribution in [-0.2, 0) is 4.79 Å². The molecule has 0 spiro atoms. The largest absolute Gasteiger partial charge is 0.342 e. The van der Waals surface area contributed by atoms with Gasteiger partial charge >= 0.3 is 0 Å². The Morgan fingerprint density at radius 1 is 1.37 bits per heavy atom. The Morgan fingerprint density at radius 3 is 2.74 bits per heavy atom. The molecule has 2 aliphatic rings. The minimum Gasteiger partial charge on any atom is -0.342 e. The fourth-order valence-corrected chi connectivity index (χ4v) is 3.27. The second-order valence-corrected chi connectivity index (χ2v) is 6.59. The number of halogens is 1. The van der Waals surface area contributed by atoms with E-state index < -0.39 is 0 Å². The summed E-state index contributed by atoms with van der Waals surface area (Å²) in [6.45, 7) is 2.45. The van der Waals surface area contributed by atoms with Gasteiger partial charge in [0.2, 0.25) is 5.91 Å². The van der Waals surface area contributed by atoms with Crippen LogP contribution in [0.25, 0.3) is 0 Å². The first kappa shape index (κ1) is 13.1.